The third kappa shape index (κ3) is 2.91. The van der Waals surface area contributed by atoms with Gasteiger partial charge in [-0.25, -0.2) is 4.57 Å². The van der Waals surface area contributed by atoms with Crippen molar-refractivity contribution >= 4 is 11.8 Å². The fourth-order valence-electron chi connectivity index (χ4n) is 2.51. The first kappa shape index (κ1) is 15.1. The van der Waals surface area contributed by atoms with Gasteiger partial charge < -0.3 is 17.5 Å². The van der Waals surface area contributed by atoms with Gasteiger partial charge in [0.2, 0.25) is 0 Å². The summed E-state index contributed by atoms with van der Waals surface area (Å²) in [5, 5.41) is 11.4. The van der Waals surface area contributed by atoms with Gasteiger partial charge in [-0.15, -0.1) is 0 Å². The van der Waals surface area contributed by atoms with Crippen molar-refractivity contribution in [3.05, 3.63) is 47.3 Å². The van der Waals surface area contributed by atoms with E-state index in [0.717, 1.165) is 29.4 Å². The fourth-order valence-corrected chi connectivity index (χ4v) is 3.84. The molecule has 1 N–H and O–H groups in total. The Morgan fingerprint density at radius 2 is 2.10 bits per heavy atom. The zero-order valence-corrected chi connectivity index (χ0v) is 13.1. The van der Waals surface area contributed by atoms with Gasteiger partial charge in [-0.3, -0.25) is 0 Å². The highest BCUT2D eigenvalue weighted by Gasteiger charge is 2.32. The van der Waals surface area contributed by atoms with E-state index < -0.39 is 0 Å². The summed E-state index contributed by atoms with van der Waals surface area (Å²) in [4.78, 5) is 4.59. The molecule has 3 rings (SSSR count). The van der Waals surface area contributed by atoms with Crippen molar-refractivity contribution in [2.45, 2.75) is 37.2 Å². The van der Waals surface area contributed by atoms with Gasteiger partial charge in [-0.1, -0.05) is 18.2 Å². The van der Waals surface area contributed by atoms with E-state index in [1.165, 1.54) is 5.69 Å². The molecule has 0 aliphatic carbocycles. The normalized spacial score (nSPS) is 16.6. The highest BCUT2D eigenvalue weighted by Crippen LogP contribution is 2.30. The highest BCUT2D eigenvalue weighted by atomic mass is 35.5. The summed E-state index contributed by atoms with van der Waals surface area (Å²) in [6.07, 6.45) is 0.874. The van der Waals surface area contributed by atoms with Gasteiger partial charge in [-0.2, -0.15) is 0 Å². The lowest BCUT2D eigenvalue weighted by molar-refractivity contribution is -0.735. The van der Waals surface area contributed by atoms with Gasteiger partial charge >= 0.3 is 5.16 Å². The van der Waals surface area contributed by atoms with Crippen molar-refractivity contribution in [3.8, 4) is 5.75 Å². The smallest absolute Gasteiger partial charge is 0.360 e. The summed E-state index contributed by atoms with van der Waals surface area (Å²) >= 11 is 1.81. The van der Waals surface area contributed by atoms with Crippen LogP contribution in [-0.4, -0.2) is 15.3 Å². The number of halogens is 1. The summed E-state index contributed by atoms with van der Waals surface area (Å²) in [5.74, 6) is 0.393. The van der Waals surface area contributed by atoms with Gasteiger partial charge in [-0.05, 0) is 41.7 Å². The monoisotopic (exact) mass is 308 g/mol. The second-order valence-electron chi connectivity index (χ2n) is 5.00. The summed E-state index contributed by atoms with van der Waals surface area (Å²) < 4.78 is 2.27. The molecule has 3 nitrogen and oxygen atoms in total. The van der Waals surface area contributed by atoms with Crippen LogP contribution in [0, 0.1) is 13.8 Å². The van der Waals surface area contributed by atoms with Crippen LogP contribution in [0.3, 0.4) is 0 Å². The Morgan fingerprint density at radius 3 is 2.85 bits per heavy atom. The summed E-state index contributed by atoms with van der Waals surface area (Å²) in [6, 6.07) is 9.70. The number of aryl methyl sites for hydroxylation is 2. The minimum atomic E-state index is 0. The van der Waals surface area contributed by atoms with Crippen LogP contribution < -0.4 is 17.0 Å². The number of aromatic hydroxyl groups is 1. The molecule has 2 heterocycles. The number of rotatable bonds is 2. The Morgan fingerprint density at radius 1 is 1.35 bits per heavy atom. The Balaban J connectivity index is 0.00000147. The minimum absolute atomic E-state index is 0. The van der Waals surface area contributed by atoms with Crippen LogP contribution in [0.5, 0.6) is 5.75 Å². The van der Waals surface area contributed by atoms with Crippen molar-refractivity contribution in [1.82, 2.24) is 4.98 Å². The van der Waals surface area contributed by atoms with Crippen LogP contribution in [0.4, 0.5) is 0 Å². The number of hydrogen-bond donors (Lipinski definition) is 1. The lowest BCUT2D eigenvalue weighted by Gasteiger charge is -2.07. The molecule has 5 heteroatoms. The van der Waals surface area contributed by atoms with E-state index in [9.17, 15) is 5.11 Å². The summed E-state index contributed by atoms with van der Waals surface area (Å²) in [6.45, 7) is 5.12. The highest BCUT2D eigenvalue weighted by molar-refractivity contribution is 7.99. The Bertz CT molecular complexity index is 633. The zero-order chi connectivity index (χ0) is 13.4. The maximum atomic E-state index is 9.85. The molecular formula is C15H17ClN2OS. The van der Waals surface area contributed by atoms with Crippen LogP contribution in [-0.2, 0) is 13.0 Å². The lowest BCUT2D eigenvalue weighted by Crippen LogP contribution is -3.00. The molecule has 2 aromatic rings. The second-order valence-corrected chi connectivity index (χ2v) is 6.27. The van der Waals surface area contributed by atoms with Crippen LogP contribution in [0.25, 0.3) is 0 Å². The Kier molecular flexibility index (Phi) is 4.55. The van der Waals surface area contributed by atoms with Crippen LogP contribution in [0.2, 0.25) is 0 Å². The van der Waals surface area contributed by atoms with Crippen molar-refractivity contribution in [2.24, 2.45) is 0 Å². The average molecular weight is 309 g/mol. The van der Waals surface area contributed by atoms with E-state index >= 15 is 0 Å². The Hall–Kier alpha value is -1.26. The fraction of sp³-hybridized carbons (Fsp3) is 0.333. The standard InChI is InChI=1S/C15H16N2OS.ClH/c1-10-7-11(2)17-9-13(19-15(17)16-10)8-12-5-3-4-6-14(12)18;/h3-7,13H,8-9H2,1-2H3;1H. The Labute approximate surface area is 129 Å². The van der Waals surface area contributed by atoms with E-state index in [2.05, 4.69) is 22.5 Å². The molecule has 1 aromatic heterocycles. The molecule has 0 saturated carbocycles. The summed E-state index contributed by atoms with van der Waals surface area (Å²) in [7, 11) is 0. The largest absolute Gasteiger partial charge is 1.00 e. The lowest BCUT2D eigenvalue weighted by atomic mass is 10.1. The van der Waals surface area contributed by atoms with Gasteiger partial charge in [0.05, 0.1) is 5.25 Å². The van der Waals surface area contributed by atoms with Crippen LogP contribution in [0.15, 0.2) is 35.5 Å². The maximum Gasteiger partial charge on any atom is 0.360 e. The molecule has 0 amide bonds. The van der Waals surface area contributed by atoms with E-state index in [1.54, 1.807) is 6.07 Å². The van der Waals surface area contributed by atoms with Gasteiger partial charge in [0, 0.05) is 13.0 Å². The number of fused-ring (bicyclic) bond motifs is 1. The topological polar surface area (TPSA) is 37.0 Å². The number of thioether (sulfide) groups is 1. The van der Waals surface area contributed by atoms with Gasteiger partial charge in [0.15, 0.2) is 5.69 Å². The minimum Gasteiger partial charge on any atom is -1.00 e. The van der Waals surface area contributed by atoms with Crippen molar-refractivity contribution in [2.75, 3.05) is 0 Å². The number of para-hydroxylation sites is 1. The SMILES string of the molecule is Cc1cc(C)[n+]2c(n1)SC(Cc1ccccc1O)C2.[Cl-]. The van der Waals surface area contributed by atoms with E-state index in [4.69, 9.17) is 0 Å². The van der Waals surface area contributed by atoms with Gasteiger partial charge in [0.25, 0.3) is 0 Å². The molecule has 0 radical (unpaired) electrons. The van der Waals surface area contributed by atoms with Crippen molar-refractivity contribution in [3.63, 3.8) is 0 Å². The summed E-state index contributed by atoms with van der Waals surface area (Å²) in [5.41, 5.74) is 3.34. The number of benzene rings is 1. The number of phenolic OH excluding ortho intramolecular Hbond substituents is 1. The molecule has 20 heavy (non-hydrogen) atoms. The molecule has 106 valence electrons. The number of hydrogen-bond acceptors (Lipinski definition) is 3. The molecular weight excluding hydrogens is 292 g/mol. The van der Waals surface area contributed by atoms with E-state index in [-0.39, 0.29) is 12.4 Å². The number of nitrogens with zero attached hydrogens (tertiary/aromatic N) is 2. The van der Waals surface area contributed by atoms with Crippen LogP contribution >= 0.6 is 11.8 Å². The first-order valence-corrected chi connectivity index (χ1v) is 7.33. The third-order valence-corrected chi connectivity index (χ3v) is 4.62. The molecule has 1 atom stereocenters. The second kappa shape index (κ2) is 6.02. The third-order valence-electron chi connectivity index (χ3n) is 3.44. The first-order chi connectivity index (χ1) is 9.13. The molecule has 0 saturated heterocycles. The quantitative estimate of drug-likeness (QED) is 0.595. The maximum absolute atomic E-state index is 9.85. The zero-order valence-electron chi connectivity index (χ0n) is 11.5. The van der Waals surface area contributed by atoms with E-state index in [1.807, 2.05) is 36.9 Å². The molecule has 0 bridgehead atoms. The van der Waals surface area contributed by atoms with Crippen LogP contribution in [0.1, 0.15) is 17.0 Å². The average Bonchev–Trinajstić information content (AvgIpc) is 2.75. The molecule has 1 aliphatic heterocycles. The molecule has 0 spiro atoms. The number of phenols is 1. The van der Waals surface area contributed by atoms with Crippen molar-refractivity contribution in [1.29, 1.82) is 0 Å². The number of aromatic nitrogens is 2. The predicted octanol–water partition coefficient (Wildman–Crippen LogP) is -0.587. The predicted molar refractivity (Wildman–Crippen MR) is 75.4 cm³/mol. The molecule has 0 fully saturated rings. The molecule has 1 aliphatic rings. The molecule has 1 unspecified atom stereocenters. The van der Waals surface area contributed by atoms with Gasteiger partial charge in [0.1, 0.15) is 18.0 Å². The van der Waals surface area contributed by atoms with Crippen molar-refractivity contribution < 1.29 is 22.1 Å². The van der Waals surface area contributed by atoms with E-state index in [0.29, 0.717) is 11.0 Å². The molecule has 1 aromatic carbocycles. The first-order valence-electron chi connectivity index (χ1n) is 6.45.